The Kier molecular flexibility index (Phi) is 4.14. The van der Waals surface area contributed by atoms with E-state index in [4.69, 9.17) is 4.42 Å². The van der Waals surface area contributed by atoms with E-state index < -0.39 is 6.36 Å². The number of rotatable bonds is 3. The summed E-state index contributed by atoms with van der Waals surface area (Å²) in [6.07, 6.45) is -3.11. The van der Waals surface area contributed by atoms with Gasteiger partial charge in [-0.15, -0.1) is 13.2 Å². The summed E-state index contributed by atoms with van der Waals surface area (Å²) < 4.78 is 48.5. The van der Waals surface area contributed by atoms with E-state index in [-0.39, 0.29) is 11.3 Å². The molecule has 3 heterocycles. The minimum absolute atomic E-state index is 0.185. The monoisotopic (exact) mass is 428 g/mol. The van der Waals surface area contributed by atoms with Gasteiger partial charge in [-0.3, -0.25) is 4.79 Å². The minimum Gasteiger partial charge on any atom is -0.457 e. The first-order valence-corrected chi connectivity index (χ1v) is 9.57. The maximum absolute atomic E-state index is 12.8. The van der Waals surface area contributed by atoms with Crippen molar-refractivity contribution in [3.8, 4) is 17.1 Å². The molecule has 5 rings (SSSR count). The summed E-state index contributed by atoms with van der Waals surface area (Å²) >= 11 is 1.26. The lowest BCUT2D eigenvalue weighted by Crippen LogP contribution is -2.22. The van der Waals surface area contributed by atoms with Crippen LogP contribution < -0.4 is 14.8 Å². The van der Waals surface area contributed by atoms with Crippen LogP contribution in [0.1, 0.15) is 5.76 Å². The Bertz CT molecular complexity index is 1480. The van der Waals surface area contributed by atoms with Crippen molar-refractivity contribution in [1.82, 2.24) is 9.38 Å². The summed E-state index contributed by atoms with van der Waals surface area (Å²) in [5.74, 6) is 0.598. The Labute approximate surface area is 170 Å². The first kappa shape index (κ1) is 18.4. The number of hydrogen-bond donors (Lipinski definition) is 0. The molecule has 0 fully saturated rings. The van der Waals surface area contributed by atoms with E-state index in [1.165, 1.54) is 35.6 Å². The molecule has 0 aliphatic rings. The molecule has 150 valence electrons. The molecule has 9 heteroatoms. The van der Waals surface area contributed by atoms with Crippen LogP contribution in [-0.2, 0) is 0 Å². The zero-order valence-electron chi connectivity index (χ0n) is 15.0. The van der Waals surface area contributed by atoms with Crippen molar-refractivity contribution in [2.45, 2.75) is 6.36 Å². The molecule has 0 atom stereocenters. The van der Waals surface area contributed by atoms with Gasteiger partial charge in [-0.05, 0) is 48.5 Å². The molecule has 0 amide bonds. The second kappa shape index (κ2) is 6.74. The number of alkyl halides is 3. The molecule has 0 bridgehead atoms. The maximum Gasteiger partial charge on any atom is 0.573 e. The number of thiazole rings is 1. The van der Waals surface area contributed by atoms with Crippen molar-refractivity contribution in [3.05, 3.63) is 81.3 Å². The zero-order chi connectivity index (χ0) is 20.9. The van der Waals surface area contributed by atoms with Crippen LogP contribution in [0.5, 0.6) is 5.75 Å². The number of imidazole rings is 1. The third-order valence-corrected chi connectivity index (χ3v) is 5.39. The molecular weight excluding hydrogens is 417 g/mol. The number of halogens is 3. The van der Waals surface area contributed by atoms with Crippen LogP contribution >= 0.6 is 11.3 Å². The van der Waals surface area contributed by atoms with Crippen LogP contribution in [0.4, 0.5) is 13.2 Å². The Morgan fingerprint density at radius 1 is 1.03 bits per heavy atom. The van der Waals surface area contributed by atoms with E-state index in [1.54, 1.807) is 22.6 Å². The number of furan rings is 1. The number of nitrogens with zero attached hydrogens (tertiary/aromatic N) is 2. The van der Waals surface area contributed by atoms with Crippen molar-refractivity contribution in [2.24, 2.45) is 0 Å². The Morgan fingerprint density at radius 3 is 2.57 bits per heavy atom. The molecule has 0 saturated carbocycles. The van der Waals surface area contributed by atoms with E-state index >= 15 is 0 Å². The molecule has 2 aromatic carbocycles. The number of benzene rings is 2. The number of aromatic nitrogens is 2. The molecule has 3 aromatic heterocycles. The summed E-state index contributed by atoms with van der Waals surface area (Å²) in [5, 5.41) is 0. The van der Waals surface area contributed by atoms with Gasteiger partial charge in [0.05, 0.1) is 11.0 Å². The molecule has 5 aromatic rings. The van der Waals surface area contributed by atoms with E-state index in [0.29, 0.717) is 26.6 Å². The fourth-order valence-corrected chi connectivity index (χ4v) is 4.11. The first-order chi connectivity index (χ1) is 14.4. The van der Waals surface area contributed by atoms with Gasteiger partial charge >= 0.3 is 6.36 Å². The molecule has 0 N–H and O–H groups in total. The first-order valence-electron chi connectivity index (χ1n) is 8.75. The molecule has 0 unspecified atom stereocenters. The third-order valence-electron chi connectivity index (χ3n) is 4.42. The summed E-state index contributed by atoms with van der Waals surface area (Å²) in [4.78, 5) is 17.9. The lowest BCUT2D eigenvalue weighted by atomic mass is 10.2. The summed E-state index contributed by atoms with van der Waals surface area (Å²) in [6, 6.07) is 16.1. The molecule has 0 saturated heterocycles. The fourth-order valence-electron chi connectivity index (χ4n) is 3.15. The predicted molar refractivity (Wildman–Crippen MR) is 106 cm³/mol. The molecule has 30 heavy (non-hydrogen) atoms. The van der Waals surface area contributed by atoms with Crippen LogP contribution in [-0.4, -0.2) is 15.7 Å². The van der Waals surface area contributed by atoms with Crippen molar-refractivity contribution < 1.29 is 22.3 Å². The Morgan fingerprint density at radius 2 is 1.80 bits per heavy atom. The average molecular weight is 428 g/mol. The van der Waals surface area contributed by atoms with Crippen LogP contribution in [0, 0.1) is 0 Å². The minimum atomic E-state index is -4.74. The smallest absolute Gasteiger partial charge is 0.457 e. The second-order valence-electron chi connectivity index (χ2n) is 6.41. The van der Waals surface area contributed by atoms with E-state index in [9.17, 15) is 18.0 Å². The van der Waals surface area contributed by atoms with Crippen molar-refractivity contribution in [3.63, 3.8) is 0 Å². The van der Waals surface area contributed by atoms with Gasteiger partial charge in [0.25, 0.3) is 5.56 Å². The number of hydrogen-bond acceptors (Lipinski definition) is 5. The largest absolute Gasteiger partial charge is 0.573 e. The van der Waals surface area contributed by atoms with Crippen LogP contribution in [0.15, 0.2) is 69.9 Å². The van der Waals surface area contributed by atoms with E-state index in [1.807, 2.05) is 24.3 Å². The third kappa shape index (κ3) is 3.33. The van der Waals surface area contributed by atoms with Crippen molar-refractivity contribution in [2.75, 3.05) is 0 Å². The Hall–Kier alpha value is -3.59. The highest BCUT2D eigenvalue weighted by Crippen LogP contribution is 2.27. The predicted octanol–water partition coefficient (Wildman–Crippen LogP) is 4.62. The lowest BCUT2D eigenvalue weighted by Gasteiger charge is -2.08. The highest BCUT2D eigenvalue weighted by Gasteiger charge is 2.31. The fraction of sp³-hybridized carbons (Fsp3) is 0.0476. The van der Waals surface area contributed by atoms with Gasteiger partial charge in [0.1, 0.15) is 21.8 Å². The SMILES string of the molecule is O=c1/c(=C/c2ccc(-c3ccc(OC(F)(F)F)cc3)o2)sc2nc3ccccc3n12. The normalized spacial score (nSPS) is 12.8. The van der Waals surface area contributed by atoms with Crippen molar-refractivity contribution >= 4 is 33.4 Å². The molecule has 0 aliphatic heterocycles. The summed E-state index contributed by atoms with van der Waals surface area (Å²) in [6.45, 7) is 0. The number of para-hydroxylation sites is 2. The van der Waals surface area contributed by atoms with Crippen LogP contribution in [0.25, 0.3) is 33.4 Å². The highest BCUT2D eigenvalue weighted by atomic mass is 32.1. The second-order valence-corrected chi connectivity index (χ2v) is 7.42. The van der Waals surface area contributed by atoms with E-state index in [2.05, 4.69) is 9.72 Å². The van der Waals surface area contributed by atoms with Crippen molar-refractivity contribution in [1.29, 1.82) is 0 Å². The van der Waals surface area contributed by atoms with Gasteiger partial charge in [-0.2, -0.15) is 0 Å². The average Bonchev–Trinajstić information content (AvgIpc) is 3.37. The molecule has 5 nitrogen and oxygen atoms in total. The number of fused-ring (bicyclic) bond motifs is 3. The quantitative estimate of drug-likeness (QED) is 0.421. The van der Waals surface area contributed by atoms with Gasteiger partial charge in [-0.1, -0.05) is 23.5 Å². The molecular formula is C21H11F3N2O3S. The summed E-state index contributed by atoms with van der Waals surface area (Å²) in [5.41, 5.74) is 1.90. The maximum atomic E-state index is 12.8. The van der Waals surface area contributed by atoms with E-state index in [0.717, 1.165) is 11.0 Å². The molecule has 0 spiro atoms. The highest BCUT2D eigenvalue weighted by molar-refractivity contribution is 7.15. The van der Waals surface area contributed by atoms with Gasteiger partial charge in [0.15, 0.2) is 4.96 Å². The van der Waals surface area contributed by atoms with Crippen LogP contribution in [0.2, 0.25) is 0 Å². The Balaban J connectivity index is 1.48. The van der Waals surface area contributed by atoms with Gasteiger partial charge in [0, 0.05) is 11.6 Å². The van der Waals surface area contributed by atoms with Gasteiger partial charge in [0.2, 0.25) is 0 Å². The molecule has 0 aliphatic carbocycles. The standard InChI is InChI=1S/C21H11F3N2O3S/c22-21(23,24)29-13-7-5-12(6-8-13)17-10-9-14(28-17)11-18-19(27)26-16-4-2-1-3-15(16)25-20(26)30-18/h1-11H/b18-11-. The summed E-state index contributed by atoms with van der Waals surface area (Å²) in [7, 11) is 0. The lowest BCUT2D eigenvalue weighted by molar-refractivity contribution is -0.274. The van der Waals surface area contributed by atoms with Gasteiger partial charge < -0.3 is 9.15 Å². The molecule has 0 radical (unpaired) electrons. The topological polar surface area (TPSA) is 56.7 Å². The number of ether oxygens (including phenoxy) is 1. The van der Waals surface area contributed by atoms with Gasteiger partial charge in [-0.25, -0.2) is 9.38 Å². The van der Waals surface area contributed by atoms with Crippen LogP contribution in [0.3, 0.4) is 0 Å². The zero-order valence-corrected chi connectivity index (χ0v) is 15.8.